The van der Waals surface area contributed by atoms with E-state index in [2.05, 4.69) is 15.8 Å². The van der Waals surface area contributed by atoms with Gasteiger partial charge in [0.05, 0.1) is 136 Å². The van der Waals surface area contributed by atoms with Crippen molar-refractivity contribution in [3.8, 4) is 40.2 Å². The van der Waals surface area contributed by atoms with Crippen molar-refractivity contribution in [2.24, 2.45) is 5.16 Å². The molecular formula is C67H72Cl7N9O21. The second-order valence-electron chi connectivity index (χ2n) is 21.1. The number of benzene rings is 7. The number of hydrogen-bond donors (Lipinski definition) is 9. The molecule has 7 aromatic rings. The number of ether oxygens (including phenoxy) is 8. The smallest absolute Gasteiger partial charge is 0.410 e. The molecule has 0 aromatic heterocycles. The number of likely N-dealkylation sites (tertiary alicyclic amines) is 1. The number of anilines is 6. The van der Waals surface area contributed by atoms with Crippen molar-refractivity contribution in [3.05, 3.63) is 171 Å². The number of carboxylic acids is 2. The second-order valence-corrected chi connectivity index (χ2v) is 23.9. The van der Waals surface area contributed by atoms with Crippen molar-refractivity contribution < 1.29 is 96.6 Å². The summed E-state index contributed by atoms with van der Waals surface area (Å²) < 4.78 is 39.4. The van der Waals surface area contributed by atoms with Crippen LogP contribution >= 0.6 is 81.2 Å². The van der Waals surface area contributed by atoms with E-state index in [1.807, 2.05) is 20.8 Å². The Labute approximate surface area is 630 Å². The topological polar surface area (TPSA) is 458 Å². The maximum atomic E-state index is 11.7. The van der Waals surface area contributed by atoms with E-state index in [4.69, 9.17) is 157 Å². The number of nitrogens with two attached hydrogens (primary N) is 4. The summed E-state index contributed by atoms with van der Waals surface area (Å²) in [5, 5.41) is 45.6. The quantitative estimate of drug-likeness (QED) is 0.00984. The van der Waals surface area contributed by atoms with Crippen LogP contribution in [0.3, 0.4) is 0 Å². The number of rotatable bonds is 13. The molecule has 0 aliphatic carbocycles. The summed E-state index contributed by atoms with van der Waals surface area (Å²) in [6.45, 7) is 6.64. The summed E-state index contributed by atoms with van der Waals surface area (Å²) in [5.41, 5.74) is 23.2. The number of hydrogen-bond acceptors (Lipinski definition) is 24. The number of methoxy groups -OCH3 is 7. The molecule has 1 saturated heterocycles. The van der Waals surface area contributed by atoms with Crippen LogP contribution in [0.15, 0.2) is 108 Å². The third-order valence-corrected chi connectivity index (χ3v) is 15.4. The molecule has 0 atom stereocenters. The number of amides is 3. The Balaban J connectivity index is 0.000000405. The molecule has 3 amide bonds. The number of nitrogen functional groups attached to an aromatic ring is 4. The SMILES string of the molecule is CC(C)(C)OC(=O)N1CCCC(=O)CC1.COc1ccc(Cl)c(N)c1.COc1ccc(Cl)c(N)c1C(=O)O.COc1ccc(Cl)c(N)c1C(=O)O.COc1ccc(Cl)c(N)c1C=O.COc1ccc(Cl)c(NC(=O)/C=N/O)c1.COc1ccc(Cl)c([N+](=O)[O-])c1.COc1ccc(Cl)c2c1C(=O)C(=O)N2. The molecule has 0 spiro atoms. The molecule has 0 unspecified atom stereocenters. The fourth-order valence-corrected chi connectivity index (χ4v) is 9.16. The van der Waals surface area contributed by atoms with Crippen molar-refractivity contribution in [3.63, 3.8) is 0 Å². The lowest BCUT2D eigenvalue weighted by molar-refractivity contribution is -0.384. The number of aldehydes is 1. The van der Waals surface area contributed by atoms with Crippen molar-refractivity contribution in [1.29, 1.82) is 0 Å². The van der Waals surface area contributed by atoms with Crippen molar-refractivity contribution in [1.82, 2.24) is 4.90 Å². The van der Waals surface area contributed by atoms with Gasteiger partial charge in [0.1, 0.15) is 74.0 Å². The monoisotopic (exact) mass is 1580 g/mol. The van der Waals surface area contributed by atoms with Gasteiger partial charge in [-0.3, -0.25) is 34.1 Å². The van der Waals surface area contributed by atoms with E-state index < -0.39 is 40.1 Å². The third kappa shape index (κ3) is 28.0. The molecule has 0 radical (unpaired) electrons. The molecule has 7 aromatic carbocycles. The highest BCUT2D eigenvalue weighted by atomic mass is 35.5. The molecule has 1 fully saturated rings. The van der Waals surface area contributed by atoms with Gasteiger partial charge in [-0.15, -0.1) is 0 Å². The molecule has 2 aliphatic heterocycles. The van der Waals surface area contributed by atoms with Gasteiger partial charge >= 0.3 is 18.0 Å². The lowest BCUT2D eigenvalue weighted by Gasteiger charge is -2.26. The molecule has 2 heterocycles. The first-order chi connectivity index (χ1) is 48.9. The molecular weight excluding hydrogens is 1510 g/mol. The summed E-state index contributed by atoms with van der Waals surface area (Å²) in [5.74, 6) is -1.03. The number of ketones is 2. The van der Waals surface area contributed by atoms with E-state index in [0.717, 1.165) is 18.4 Å². The molecule has 560 valence electrons. The van der Waals surface area contributed by atoms with Crippen molar-refractivity contribution in [2.75, 3.05) is 96.4 Å². The first-order valence-corrected chi connectivity index (χ1v) is 32.0. The van der Waals surface area contributed by atoms with Crippen LogP contribution in [0.2, 0.25) is 35.2 Å². The summed E-state index contributed by atoms with van der Waals surface area (Å²) >= 11 is 39.8. The first-order valence-electron chi connectivity index (χ1n) is 29.3. The minimum absolute atomic E-state index is 0.0218. The zero-order valence-corrected chi connectivity index (χ0v) is 62.3. The number of nitro groups is 1. The number of halogens is 7. The minimum atomic E-state index is -1.16. The van der Waals surface area contributed by atoms with Crippen molar-refractivity contribution in [2.45, 2.75) is 45.6 Å². The number of carbonyl (C=O) groups is 8. The normalized spacial score (nSPS) is 11.5. The highest BCUT2D eigenvalue weighted by molar-refractivity contribution is 6.54. The van der Waals surface area contributed by atoms with Crippen LogP contribution in [-0.2, 0) is 19.1 Å². The molecule has 9 rings (SSSR count). The Hall–Kier alpha value is -10.6. The van der Waals surface area contributed by atoms with E-state index in [0.29, 0.717) is 97.9 Å². The van der Waals surface area contributed by atoms with Gasteiger partial charge in [-0.2, -0.15) is 0 Å². The number of nitro benzene ring substituents is 1. The van der Waals surface area contributed by atoms with Gasteiger partial charge in [-0.1, -0.05) is 86.4 Å². The van der Waals surface area contributed by atoms with Gasteiger partial charge in [-0.05, 0) is 112 Å². The molecule has 104 heavy (non-hydrogen) atoms. The number of fused-ring (bicyclic) bond motifs is 1. The number of carbonyl (C=O) groups excluding carboxylic acids is 6. The van der Waals surface area contributed by atoms with Crippen LogP contribution in [0, 0.1) is 10.1 Å². The Morgan fingerprint density at radius 2 is 1.03 bits per heavy atom. The number of oxime groups is 1. The fourth-order valence-electron chi connectivity index (χ4n) is 8.00. The Morgan fingerprint density at radius 3 is 1.48 bits per heavy atom. The van der Waals surface area contributed by atoms with E-state index in [9.17, 15) is 48.5 Å². The standard InChI is InChI=1S/C11H19NO3.C9H9ClN2O3.C9H6ClNO3.2C8H8ClNO3.C8H8ClNO2.C7H6ClNO3.C7H8ClNO/c1-11(2,3)15-10(14)12-7-4-5-9(13)6-8-12;1-15-6-2-3-7(10)8(4-6)12-9(13)5-11-14;1-14-5-3-2-4(10)7-6(5)8(12)9(13)11-7;2*1-13-5-3-2-4(9)7(10)6(5)8(11)12;1-12-7-3-2-6(9)8(10)5(7)4-11;1-12-5-2-3-6(8)7(4-5)9(10)11;1-10-5-2-3-6(8)7(9)4-5/h4-8H2,1-3H3;2-5,14H,1H3,(H,12,13);2-3H,1H3,(H,11,12,13);2*2-3H,10H2,1H3,(H,11,12);2-4H,10H2,1H3;2-4H,1H3;2-4H,9H2,1H3/b;11-5+;;;;;;. The number of aromatic carboxylic acids is 2. The number of Topliss-reactive ketones (excluding diaryl/α,β-unsaturated/α-hetero) is 2. The Bertz CT molecular complexity index is 4170. The molecule has 30 nitrogen and oxygen atoms in total. The summed E-state index contributed by atoms with van der Waals surface area (Å²) in [4.78, 5) is 99.8. The van der Waals surface area contributed by atoms with Crippen LogP contribution in [-0.4, -0.2) is 148 Å². The van der Waals surface area contributed by atoms with Gasteiger partial charge in [-0.25, -0.2) is 14.4 Å². The van der Waals surface area contributed by atoms with Gasteiger partial charge < -0.3 is 91.8 Å². The van der Waals surface area contributed by atoms with Gasteiger partial charge in [0.2, 0.25) is 0 Å². The number of nitrogens with zero attached hydrogens (tertiary/aromatic N) is 3. The van der Waals surface area contributed by atoms with E-state index in [1.54, 1.807) is 78.7 Å². The molecule has 0 bridgehead atoms. The molecule has 37 heteroatoms. The van der Waals surface area contributed by atoms with Crippen LogP contribution in [0.5, 0.6) is 40.2 Å². The van der Waals surface area contributed by atoms with Gasteiger partial charge in [0, 0.05) is 38.1 Å². The Morgan fingerprint density at radius 1 is 0.587 bits per heavy atom. The zero-order valence-electron chi connectivity index (χ0n) is 57.0. The van der Waals surface area contributed by atoms with Crippen LogP contribution in [0.25, 0.3) is 0 Å². The average molecular weight is 1590 g/mol. The highest BCUT2D eigenvalue weighted by Crippen LogP contribution is 2.38. The average Bonchev–Trinajstić information content (AvgIpc) is 1.60. The maximum absolute atomic E-state index is 11.7. The van der Waals surface area contributed by atoms with E-state index in [1.165, 1.54) is 79.1 Å². The molecule has 0 saturated carbocycles. The lowest BCUT2D eigenvalue weighted by atomic mass is 10.1. The summed E-state index contributed by atoms with van der Waals surface area (Å²) in [6.07, 6.45) is 2.84. The largest absolute Gasteiger partial charge is 0.497 e. The first kappa shape index (κ1) is 89.5. The molecule has 2 aliphatic rings. The summed E-state index contributed by atoms with van der Waals surface area (Å²) in [6, 6.07) is 26.4. The predicted molar refractivity (Wildman–Crippen MR) is 398 cm³/mol. The van der Waals surface area contributed by atoms with Gasteiger partial charge in [0.15, 0.2) is 6.29 Å². The van der Waals surface area contributed by atoms with E-state index in [-0.39, 0.29) is 77.9 Å². The van der Waals surface area contributed by atoms with Crippen LogP contribution < -0.4 is 66.7 Å². The minimum Gasteiger partial charge on any atom is -0.497 e. The van der Waals surface area contributed by atoms with Crippen LogP contribution in [0.1, 0.15) is 81.5 Å². The maximum Gasteiger partial charge on any atom is 0.410 e. The number of carboxylic acid groups (broad SMARTS) is 2. The summed E-state index contributed by atoms with van der Waals surface area (Å²) in [7, 11) is 10.2. The third-order valence-electron chi connectivity index (χ3n) is 13.1. The van der Waals surface area contributed by atoms with Crippen molar-refractivity contribution >= 4 is 175 Å². The Kier molecular flexibility index (Phi) is 37.9. The van der Waals surface area contributed by atoms with Gasteiger partial charge in [0.25, 0.3) is 23.3 Å². The number of nitrogens with one attached hydrogen (secondary N) is 2. The lowest BCUT2D eigenvalue weighted by Crippen LogP contribution is -2.37. The second kappa shape index (κ2) is 44.0. The van der Waals surface area contributed by atoms with E-state index >= 15 is 0 Å². The van der Waals surface area contributed by atoms with Crippen LogP contribution in [0.4, 0.5) is 44.6 Å². The fraction of sp³-hybridized carbons (Fsp3) is 0.239. The zero-order chi connectivity index (χ0) is 78.9. The highest BCUT2D eigenvalue weighted by Gasteiger charge is 2.33. The molecule has 13 N–H and O–H groups in total. The predicted octanol–water partition coefficient (Wildman–Crippen LogP) is 14.4.